The van der Waals surface area contributed by atoms with Gasteiger partial charge in [-0.3, -0.25) is 10.8 Å². The second-order valence-electron chi connectivity index (χ2n) is 5.51. The number of hydrogen-bond acceptors (Lipinski definition) is 4. The molecule has 2 aliphatic heterocycles. The molecule has 2 aliphatic rings. The topological polar surface area (TPSA) is 63.4 Å². The van der Waals surface area contributed by atoms with Crippen LogP contribution in [0.3, 0.4) is 0 Å². The minimum atomic E-state index is 0.106. The van der Waals surface area contributed by atoms with E-state index in [2.05, 4.69) is 16.8 Å². The predicted octanol–water partition coefficient (Wildman–Crippen LogP) is 1.74. The Bertz CT molecular complexity index is 323. The molecule has 5 nitrogen and oxygen atoms in total. The Balaban J connectivity index is 1.94. The Morgan fingerprint density at radius 3 is 2.39 bits per heavy atom. The van der Waals surface area contributed by atoms with Gasteiger partial charge >= 0.3 is 0 Å². The van der Waals surface area contributed by atoms with Crippen LogP contribution in [0.1, 0.15) is 32.6 Å². The molecule has 2 fully saturated rings. The summed E-state index contributed by atoms with van der Waals surface area (Å²) in [5.41, 5.74) is 0. The Morgan fingerprint density at radius 2 is 1.78 bits per heavy atom. The molecule has 0 amide bonds. The van der Waals surface area contributed by atoms with E-state index in [4.69, 9.17) is 15.6 Å². The summed E-state index contributed by atoms with van der Waals surface area (Å²) in [6, 6.07) is 0.620. The van der Waals surface area contributed by atoms with Gasteiger partial charge in [-0.2, -0.15) is 0 Å². The summed E-state index contributed by atoms with van der Waals surface area (Å²) < 4.78 is 5.16. The molecule has 102 valence electrons. The number of ether oxygens (including phenoxy) is 1. The Morgan fingerprint density at radius 1 is 1.11 bits per heavy atom. The third-order valence-corrected chi connectivity index (χ3v) is 4.12. The van der Waals surface area contributed by atoms with Crippen LogP contribution < -0.4 is 0 Å². The number of hydrogen-bond donors (Lipinski definition) is 2. The van der Waals surface area contributed by atoms with Crippen LogP contribution in [-0.2, 0) is 4.74 Å². The second-order valence-corrected chi connectivity index (χ2v) is 5.51. The molecule has 5 heteroatoms. The summed E-state index contributed by atoms with van der Waals surface area (Å²) in [5.74, 6) is 0.785. The molecule has 0 unspecified atom stereocenters. The molecule has 0 aromatic carbocycles. The first-order valence-electron chi connectivity index (χ1n) is 6.84. The first kappa shape index (κ1) is 13.3. The van der Waals surface area contributed by atoms with Crippen LogP contribution in [0.2, 0.25) is 0 Å². The lowest BCUT2D eigenvalue weighted by Gasteiger charge is -2.37. The van der Waals surface area contributed by atoms with Crippen molar-refractivity contribution in [1.82, 2.24) is 9.80 Å². The number of likely N-dealkylation sites (tertiary alicyclic amines) is 2. The largest absolute Gasteiger partial charge is 0.412 e. The number of nitrogens with zero attached hydrogens (tertiary/aromatic N) is 2. The van der Waals surface area contributed by atoms with Gasteiger partial charge in [-0.05, 0) is 51.7 Å². The molecule has 18 heavy (non-hydrogen) atoms. The average Bonchev–Trinajstić information content (AvgIpc) is 2.78. The Hall–Kier alpha value is -1.10. The molecule has 0 spiro atoms. The summed E-state index contributed by atoms with van der Waals surface area (Å²) in [6.07, 6.45) is 4.74. The third-order valence-electron chi connectivity index (χ3n) is 4.12. The van der Waals surface area contributed by atoms with E-state index in [0.717, 1.165) is 32.5 Å². The zero-order chi connectivity index (χ0) is 13.1. The fraction of sp³-hybridized carbons (Fsp3) is 0.846. The van der Waals surface area contributed by atoms with Crippen molar-refractivity contribution in [2.24, 2.45) is 5.92 Å². The first-order valence-corrected chi connectivity index (χ1v) is 6.84. The normalized spacial score (nSPS) is 26.3. The molecule has 0 aromatic heterocycles. The minimum Gasteiger partial charge on any atom is -0.412 e. The summed E-state index contributed by atoms with van der Waals surface area (Å²) in [6.45, 7) is 4.80. The highest BCUT2D eigenvalue weighted by molar-refractivity contribution is 5.86. The monoisotopic (exact) mass is 252 g/mol. The quantitative estimate of drug-likeness (QED) is 0.552. The fourth-order valence-corrected chi connectivity index (χ4v) is 3.15. The Kier molecular flexibility index (Phi) is 4.22. The van der Waals surface area contributed by atoms with E-state index in [9.17, 15) is 0 Å². The Labute approximate surface area is 109 Å². The molecular weight excluding hydrogens is 228 g/mol. The standard InChI is InChI=1S/C13H24N4O/c1-10(14)18-13(15)17-7-3-4-12(17)11-5-8-16(2)9-6-11/h11-12,14-15H,3-9H2,1-2H3/t12-/m0/s1. The van der Waals surface area contributed by atoms with Gasteiger partial charge < -0.3 is 14.5 Å². The number of nitrogens with one attached hydrogen (secondary N) is 2. The van der Waals surface area contributed by atoms with Crippen molar-refractivity contribution in [1.29, 1.82) is 10.8 Å². The van der Waals surface area contributed by atoms with Gasteiger partial charge in [0.15, 0.2) is 5.90 Å². The lowest BCUT2D eigenvalue weighted by Crippen LogP contribution is -2.44. The van der Waals surface area contributed by atoms with Gasteiger partial charge in [-0.15, -0.1) is 0 Å². The van der Waals surface area contributed by atoms with Crippen LogP contribution in [0.15, 0.2) is 0 Å². The molecule has 0 saturated carbocycles. The van der Waals surface area contributed by atoms with Crippen LogP contribution in [0.25, 0.3) is 0 Å². The maximum atomic E-state index is 7.96. The van der Waals surface area contributed by atoms with Gasteiger partial charge in [0, 0.05) is 19.5 Å². The molecule has 0 bridgehead atoms. The van der Waals surface area contributed by atoms with Gasteiger partial charge in [0.1, 0.15) is 0 Å². The SMILES string of the molecule is CC(=N)OC(=N)N1CCC[C@H]1C1CCN(C)CC1. The van der Waals surface area contributed by atoms with Crippen molar-refractivity contribution in [2.75, 3.05) is 26.7 Å². The van der Waals surface area contributed by atoms with Crippen LogP contribution in [0.5, 0.6) is 0 Å². The molecule has 0 radical (unpaired) electrons. The van der Waals surface area contributed by atoms with Crippen LogP contribution in [0.4, 0.5) is 0 Å². The van der Waals surface area contributed by atoms with Gasteiger partial charge in [0.05, 0.1) is 0 Å². The van der Waals surface area contributed by atoms with Gasteiger partial charge in [-0.25, -0.2) is 0 Å². The lowest BCUT2D eigenvalue weighted by atomic mass is 9.88. The fourth-order valence-electron chi connectivity index (χ4n) is 3.15. The van der Waals surface area contributed by atoms with Crippen LogP contribution in [0, 0.1) is 16.7 Å². The summed E-state index contributed by atoms with van der Waals surface area (Å²) in [4.78, 5) is 4.44. The minimum absolute atomic E-state index is 0.106. The van der Waals surface area contributed by atoms with E-state index >= 15 is 0 Å². The number of piperidine rings is 1. The van der Waals surface area contributed by atoms with E-state index in [0.29, 0.717) is 12.0 Å². The third kappa shape index (κ3) is 3.02. The van der Waals surface area contributed by atoms with E-state index in [1.807, 2.05) is 0 Å². The van der Waals surface area contributed by atoms with Crippen molar-refractivity contribution >= 4 is 11.9 Å². The average molecular weight is 252 g/mol. The van der Waals surface area contributed by atoms with E-state index in [1.165, 1.54) is 12.8 Å². The molecule has 0 aliphatic carbocycles. The molecule has 2 saturated heterocycles. The van der Waals surface area contributed by atoms with E-state index in [1.54, 1.807) is 6.92 Å². The summed E-state index contributed by atoms with van der Waals surface area (Å²) in [7, 11) is 2.17. The van der Waals surface area contributed by atoms with Crippen LogP contribution in [-0.4, -0.2) is 54.4 Å². The smallest absolute Gasteiger partial charge is 0.291 e. The van der Waals surface area contributed by atoms with Gasteiger partial charge in [0.25, 0.3) is 6.02 Å². The second kappa shape index (κ2) is 5.69. The predicted molar refractivity (Wildman–Crippen MR) is 72.2 cm³/mol. The van der Waals surface area contributed by atoms with Gasteiger partial charge in [0.2, 0.25) is 0 Å². The highest BCUT2D eigenvalue weighted by Gasteiger charge is 2.35. The highest BCUT2D eigenvalue weighted by atomic mass is 16.5. The van der Waals surface area contributed by atoms with Gasteiger partial charge in [-0.1, -0.05) is 0 Å². The summed E-state index contributed by atoms with van der Waals surface area (Å²) >= 11 is 0. The maximum absolute atomic E-state index is 7.96. The van der Waals surface area contributed by atoms with Crippen molar-refractivity contribution in [2.45, 2.75) is 38.6 Å². The first-order chi connectivity index (χ1) is 8.58. The summed E-state index contributed by atoms with van der Waals surface area (Å²) in [5, 5.41) is 15.3. The molecule has 2 rings (SSSR count). The van der Waals surface area contributed by atoms with Crippen LogP contribution >= 0.6 is 0 Å². The molecule has 2 heterocycles. The van der Waals surface area contributed by atoms with Crippen molar-refractivity contribution in [3.63, 3.8) is 0 Å². The highest BCUT2D eigenvalue weighted by Crippen LogP contribution is 2.31. The van der Waals surface area contributed by atoms with Crippen molar-refractivity contribution < 1.29 is 4.74 Å². The van der Waals surface area contributed by atoms with E-state index < -0.39 is 0 Å². The molecular formula is C13H24N4O. The maximum Gasteiger partial charge on any atom is 0.291 e. The van der Waals surface area contributed by atoms with E-state index in [-0.39, 0.29) is 11.9 Å². The molecule has 0 aromatic rings. The molecule has 1 atom stereocenters. The molecule has 2 N–H and O–H groups in total. The number of amidine groups is 1. The van der Waals surface area contributed by atoms with Crippen molar-refractivity contribution in [3.05, 3.63) is 0 Å². The zero-order valence-electron chi connectivity index (χ0n) is 11.4. The number of rotatable bonds is 1. The lowest BCUT2D eigenvalue weighted by molar-refractivity contribution is 0.150. The van der Waals surface area contributed by atoms with Crippen molar-refractivity contribution in [3.8, 4) is 0 Å². The zero-order valence-corrected chi connectivity index (χ0v) is 11.4.